The largest absolute Gasteiger partial charge is 0.480 e. The van der Waals surface area contributed by atoms with Gasteiger partial charge in [-0.05, 0) is 24.6 Å². The van der Waals surface area contributed by atoms with E-state index in [0.717, 1.165) is 6.07 Å². The topological polar surface area (TPSA) is 107 Å². The zero-order valence-electron chi connectivity index (χ0n) is 10.6. The number of nitrogens with one attached hydrogen (secondary N) is 1. The molecule has 1 aromatic rings. The maximum atomic E-state index is 12.1. The molecule has 1 aromatic carbocycles. The van der Waals surface area contributed by atoms with E-state index in [1.165, 1.54) is 12.1 Å². The van der Waals surface area contributed by atoms with Crippen LogP contribution in [0.2, 0.25) is 5.02 Å². The van der Waals surface area contributed by atoms with Gasteiger partial charge in [0.05, 0.1) is 16.7 Å². The molecular formula is C12H13ClN2O4S. The molecule has 0 spiro atoms. The predicted molar refractivity (Wildman–Crippen MR) is 72.8 cm³/mol. The monoisotopic (exact) mass is 316 g/mol. The van der Waals surface area contributed by atoms with Crippen LogP contribution in [0.1, 0.15) is 25.3 Å². The van der Waals surface area contributed by atoms with Gasteiger partial charge in [0, 0.05) is 0 Å². The van der Waals surface area contributed by atoms with Crippen molar-refractivity contribution in [3.05, 3.63) is 28.8 Å². The molecule has 0 aliphatic carbocycles. The Balaban J connectivity index is 3.17. The summed E-state index contributed by atoms with van der Waals surface area (Å²) < 4.78 is 26.4. The molecule has 0 unspecified atom stereocenters. The van der Waals surface area contributed by atoms with Gasteiger partial charge in [0.25, 0.3) is 0 Å². The third-order valence-corrected chi connectivity index (χ3v) is 4.48. The van der Waals surface area contributed by atoms with Gasteiger partial charge in [-0.1, -0.05) is 24.9 Å². The highest BCUT2D eigenvalue weighted by Gasteiger charge is 2.26. The van der Waals surface area contributed by atoms with E-state index in [4.69, 9.17) is 22.0 Å². The van der Waals surface area contributed by atoms with Crippen molar-refractivity contribution in [1.29, 1.82) is 5.26 Å². The lowest BCUT2D eigenvalue weighted by molar-refractivity contribution is -0.139. The molecule has 0 aliphatic heterocycles. The summed E-state index contributed by atoms with van der Waals surface area (Å²) in [7, 11) is -4.10. The van der Waals surface area contributed by atoms with Crippen LogP contribution in [0.25, 0.3) is 0 Å². The lowest BCUT2D eigenvalue weighted by Crippen LogP contribution is -2.40. The normalized spacial score (nSPS) is 12.7. The van der Waals surface area contributed by atoms with E-state index in [2.05, 4.69) is 4.72 Å². The molecule has 20 heavy (non-hydrogen) atoms. The highest BCUT2D eigenvalue weighted by atomic mass is 35.5. The highest BCUT2D eigenvalue weighted by molar-refractivity contribution is 7.89. The van der Waals surface area contributed by atoms with Gasteiger partial charge in [0.2, 0.25) is 10.0 Å². The first-order chi connectivity index (χ1) is 9.31. The summed E-state index contributed by atoms with van der Waals surface area (Å²) in [5, 5.41) is 17.7. The quantitative estimate of drug-likeness (QED) is 0.831. The van der Waals surface area contributed by atoms with Crippen molar-refractivity contribution in [2.75, 3.05) is 0 Å². The number of nitriles is 1. The van der Waals surface area contributed by atoms with Crippen molar-refractivity contribution in [3.8, 4) is 6.07 Å². The number of carboxylic acid groups (broad SMARTS) is 1. The van der Waals surface area contributed by atoms with Crippen LogP contribution in [-0.2, 0) is 14.8 Å². The number of hydrogen-bond acceptors (Lipinski definition) is 4. The molecule has 6 nitrogen and oxygen atoms in total. The number of aliphatic carboxylic acids is 1. The Morgan fingerprint density at radius 3 is 2.70 bits per heavy atom. The second-order valence-corrected chi connectivity index (χ2v) is 6.15. The smallest absolute Gasteiger partial charge is 0.321 e. The maximum Gasteiger partial charge on any atom is 0.321 e. The molecule has 0 saturated carbocycles. The summed E-state index contributed by atoms with van der Waals surface area (Å²) in [6.07, 6.45) is 0.662. The number of nitrogens with zero attached hydrogens (tertiary/aromatic N) is 1. The number of benzene rings is 1. The fourth-order valence-electron chi connectivity index (χ4n) is 1.55. The summed E-state index contributed by atoms with van der Waals surface area (Å²) in [6, 6.07) is 4.34. The summed E-state index contributed by atoms with van der Waals surface area (Å²) in [5.41, 5.74) is 0.122. The molecule has 1 atom stereocenters. The molecule has 0 amide bonds. The molecule has 1 rings (SSSR count). The molecule has 0 aromatic heterocycles. The van der Waals surface area contributed by atoms with Crippen LogP contribution in [0, 0.1) is 11.3 Å². The molecule has 8 heteroatoms. The molecule has 2 N–H and O–H groups in total. The first-order valence-corrected chi connectivity index (χ1v) is 7.62. The van der Waals surface area contributed by atoms with Gasteiger partial charge in [-0.25, -0.2) is 8.42 Å². The highest BCUT2D eigenvalue weighted by Crippen LogP contribution is 2.22. The van der Waals surface area contributed by atoms with Crippen molar-refractivity contribution in [1.82, 2.24) is 4.72 Å². The lowest BCUT2D eigenvalue weighted by Gasteiger charge is -2.14. The molecule has 0 aliphatic rings. The van der Waals surface area contributed by atoms with Gasteiger partial charge in [0.1, 0.15) is 10.9 Å². The number of carbonyl (C=O) groups is 1. The van der Waals surface area contributed by atoms with E-state index in [1.54, 1.807) is 13.0 Å². The molecule has 0 fully saturated rings. The summed E-state index contributed by atoms with van der Waals surface area (Å²) in [6.45, 7) is 1.74. The van der Waals surface area contributed by atoms with Gasteiger partial charge in [-0.15, -0.1) is 0 Å². The van der Waals surface area contributed by atoms with Crippen molar-refractivity contribution in [2.45, 2.75) is 30.7 Å². The van der Waals surface area contributed by atoms with Crippen molar-refractivity contribution in [2.24, 2.45) is 0 Å². The molecular weight excluding hydrogens is 304 g/mol. The second kappa shape index (κ2) is 6.70. The Morgan fingerprint density at radius 1 is 1.55 bits per heavy atom. The Labute approximate surface area is 122 Å². The van der Waals surface area contributed by atoms with Gasteiger partial charge < -0.3 is 5.11 Å². The molecule has 0 heterocycles. The fraction of sp³-hybridized carbons (Fsp3) is 0.333. The van der Waals surface area contributed by atoms with Crippen LogP contribution >= 0.6 is 11.6 Å². The van der Waals surface area contributed by atoms with Crippen LogP contribution in [0.3, 0.4) is 0 Å². The fourth-order valence-corrected chi connectivity index (χ4v) is 3.30. The van der Waals surface area contributed by atoms with Gasteiger partial charge in [-0.2, -0.15) is 9.98 Å². The minimum absolute atomic E-state index is 0.0721. The van der Waals surface area contributed by atoms with E-state index in [1.807, 2.05) is 0 Å². The van der Waals surface area contributed by atoms with Gasteiger partial charge >= 0.3 is 5.97 Å². The Kier molecular flexibility index (Phi) is 5.51. The van der Waals surface area contributed by atoms with Crippen LogP contribution in [0.5, 0.6) is 0 Å². The Hall–Kier alpha value is -1.62. The van der Waals surface area contributed by atoms with E-state index in [9.17, 15) is 13.2 Å². The molecule has 0 radical (unpaired) electrons. The van der Waals surface area contributed by atoms with E-state index >= 15 is 0 Å². The standard InChI is InChI=1S/C12H13ClN2O4S/c1-2-3-10(12(16)17)15-20(18,19)11-6-8(7-14)4-5-9(11)13/h4-6,10,15H,2-3H2,1H3,(H,16,17)/t10-/m0/s1. The average molecular weight is 317 g/mol. The van der Waals surface area contributed by atoms with Crippen LogP contribution in [-0.4, -0.2) is 25.5 Å². The number of carboxylic acids is 1. The number of rotatable bonds is 6. The van der Waals surface area contributed by atoms with Crippen LogP contribution in [0.15, 0.2) is 23.1 Å². The SMILES string of the molecule is CCC[C@H](NS(=O)(=O)c1cc(C#N)ccc1Cl)C(=O)O. The number of sulfonamides is 1. The van der Waals surface area contributed by atoms with E-state index in [0.29, 0.717) is 6.42 Å². The third-order valence-electron chi connectivity index (χ3n) is 2.52. The first-order valence-electron chi connectivity index (χ1n) is 5.76. The summed E-state index contributed by atoms with van der Waals surface area (Å²) in [4.78, 5) is 10.7. The number of hydrogen-bond donors (Lipinski definition) is 2. The van der Waals surface area contributed by atoms with Crippen molar-refractivity contribution >= 4 is 27.6 Å². The van der Waals surface area contributed by atoms with Gasteiger partial charge in [-0.3, -0.25) is 4.79 Å². The lowest BCUT2D eigenvalue weighted by atomic mass is 10.2. The zero-order chi connectivity index (χ0) is 15.3. The zero-order valence-corrected chi connectivity index (χ0v) is 12.2. The minimum atomic E-state index is -4.10. The molecule has 0 saturated heterocycles. The van der Waals surface area contributed by atoms with Crippen molar-refractivity contribution < 1.29 is 18.3 Å². The summed E-state index contributed by atoms with van der Waals surface area (Å²) in [5.74, 6) is -1.26. The number of halogens is 1. The minimum Gasteiger partial charge on any atom is -0.480 e. The average Bonchev–Trinajstić information content (AvgIpc) is 2.38. The Bertz CT molecular complexity index is 652. The van der Waals surface area contributed by atoms with Gasteiger partial charge in [0.15, 0.2) is 0 Å². The molecule has 0 bridgehead atoms. The third kappa shape index (κ3) is 3.93. The van der Waals surface area contributed by atoms with Crippen molar-refractivity contribution in [3.63, 3.8) is 0 Å². The molecule has 108 valence electrons. The summed E-state index contributed by atoms with van der Waals surface area (Å²) >= 11 is 5.80. The predicted octanol–water partition coefficient (Wildman–Crippen LogP) is 1.74. The van der Waals surface area contributed by atoms with Crippen LogP contribution in [0.4, 0.5) is 0 Å². The van der Waals surface area contributed by atoms with Crippen LogP contribution < -0.4 is 4.72 Å². The maximum absolute atomic E-state index is 12.1. The Morgan fingerprint density at radius 2 is 2.20 bits per heavy atom. The second-order valence-electron chi connectivity index (χ2n) is 4.06. The van der Waals surface area contributed by atoms with E-state index < -0.39 is 22.0 Å². The van der Waals surface area contributed by atoms with E-state index in [-0.39, 0.29) is 21.9 Å². The first kappa shape index (κ1) is 16.4.